The summed E-state index contributed by atoms with van der Waals surface area (Å²) >= 11 is 0. The van der Waals surface area contributed by atoms with Crippen molar-refractivity contribution in [1.29, 1.82) is 0 Å². The monoisotopic (exact) mass is 240 g/mol. The van der Waals surface area contributed by atoms with Gasteiger partial charge in [-0.15, -0.1) is 0 Å². The summed E-state index contributed by atoms with van der Waals surface area (Å²) in [6.45, 7) is 3.49. The molecule has 0 amide bonds. The first-order valence-corrected chi connectivity index (χ1v) is 7.42. The van der Waals surface area contributed by atoms with Crippen LogP contribution in [-0.2, 0) is 4.84 Å². The first-order chi connectivity index (χ1) is 8.33. The molecule has 17 heavy (non-hydrogen) atoms. The van der Waals surface area contributed by atoms with Crippen LogP contribution >= 0.6 is 0 Å². The number of rotatable bonds is 6. The van der Waals surface area contributed by atoms with Crippen LogP contribution < -0.4 is 11.2 Å². The molecule has 0 aromatic carbocycles. The lowest BCUT2D eigenvalue weighted by atomic mass is 9.72. The minimum absolute atomic E-state index is 0.0585. The molecule has 0 heterocycles. The van der Waals surface area contributed by atoms with Crippen LogP contribution in [0.1, 0.15) is 58.3 Å². The van der Waals surface area contributed by atoms with Crippen LogP contribution in [0.5, 0.6) is 0 Å². The number of hydrogen-bond donors (Lipinski definition) is 2. The third kappa shape index (κ3) is 2.67. The molecule has 2 rings (SSSR count). The Labute approximate surface area is 105 Å². The molecule has 0 unspecified atom stereocenters. The molecule has 100 valence electrons. The van der Waals surface area contributed by atoms with Gasteiger partial charge in [0.15, 0.2) is 0 Å². The highest BCUT2D eigenvalue weighted by Gasteiger charge is 2.46. The smallest absolute Gasteiger partial charge is 0.0654 e. The van der Waals surface area contributed by atoms with Crippen molar-refractivity contribution in [3.63, 3.8) is 0 Å². The third-order valence-corrected chi connectivity index (χ3v) is 4.91. The SMILES string of the molecule is CCONC(CN)(C1CCCC1)C1CCCC1. The fourth-order valence-corrected chi connectivity index (χ4v) is 3.96. The average molecular weight is 240 g/mol. The lowest BCUT2D eigenvalue weighted by Gasteiger charge is -2.43. The summed E-state index contributed by atoms with van der Waals surface area (Å²) in [5.41, 5.74) is 9.62. The standard InChI is InChI=1S/C14H28N2O/c1-2-17-16-14(11-15,12-7-3-4-8-12)13-9-5-6-10-13/h12-13,16H,2-11,15H2,1H3. The van der Waals surface area contributed by atoms with Gasteiger partial charge in [0.1, 0.15) is 0 Å². The van der Waals surface area contributed by atoms with Crippen LogP contribution in [0.15, 0.2) is 0 Å². The van der Waals surface area contributed by atoms with E-state index >= 15 is 0 Å². The molecule has 0 saturated heterocycles. The second-order valence-electron chi connectivity index (χ2n) is 5.74. The van der Waals surface area contributed by atoms with Gasteiger partial charge in [-0.05, 0) is 44.4 Å². The molecule has 2 saturated carbocycles. The number of nitrogens with two attached hydrogens (primary N) is 1. The highest BCUT2D eigenvalue weighted by atomic mass is 16.6. The molecule has 0 aromatic rings. The van der Waals surface area contributed by atoms with Crippen molar-refractivity contribution < 1.29 is 4.84 Å². The number of hydrogen-bond acceptors (Lipinski definition) is 3. The molecule has 0 atom stereocenters. The Bertz CT molecular complexity index is 204. The zero-order valence-corrected chi connectivity index (χ0v) is 11.2. The molecular weight excluding hydrogens is 212 g/mol. The van der Waals surface area contributed by atoms with Crippen molar-refractivity contribution in [2.75, 3.05) is 13.2 Å². The molecule has 2 aliphatic carbocycles. The van der Waals surface area contributed by atoms with E-state index in [0.717, 1.165) is 25.0 Å². The largest absolute Gasteiger partial charge is 0.329 e. The lowest BCUT2D eigenvalue weighted by Crippen LogP contribution is -2.60. The Morgan fingerprint density at radius 3 is 1.88 bits per heavy atom. The lowest BCUT2D eigenvalue weighted by molar-refractivity contribution is -0.0618. The van der Waals surface area contributed by atoms with Crippen molar-refractivity contribution in [1.82, 2.24) is 5.48 Å². The van der Waals surface area contributed by atoms with Crippen molar-refractivity contribution in [2.24, 2.45) is 17.6 Å². The van der Waals surface area contributed by atoms with Crippen LogP contribution in [0.4, 0.5) is 0 Å². The van der Waals surface area contributed by atoms with E-state index < -0.39 is 0 Å². The van der Waals surface area contributed by atoms with E-state index in [4.69, 9.17) is 10.6 Å². The summed E-state index contributed by atoms with van der Waals surface area (Å²) in [6.07, 6.45) is 10.8. The number of nitrogens with one attached hydrogen (secondary N) is 1. The van der Waals surface area contributed by atoms with Crippen molar-refractivity contribution in [3.05, 3.63) is 0 Å². The Balaban J connectivity index is 2.11. The average Bonchev–Trinajstić information content (AvgIpc) is 3.04. The second kappa shape index (κ2) is 6.17. The summed E-state index contributed by atoms with van der Waals surface area (Å²) < 4.78 is 0. The summed E-state index contributed by atoms with van der Waals surface area (Å²) in [6, 6.07) is 0. The van der Waals surface area contributed by atoms with E-state index in [1.807, 2.05) is 6.92 Å². The van der Waals surface area contributed by atoms with E-state index in [9.17, 15) is 0 Å². The van der Waals surface area contributed by atoms with Crippen LogP contribution in [0, 0.1) is 11.8 Å². The molecule has 3 nitrogen and oxygen atoms in total. The summed E-state index contributed by atoms with van der Waals surface area (Å²) in [4.78, 5) is 5.58. The van der Waals surface area contributed by atoms with E-state index in [2.05, 4.69) is 5.48 Å². The fraction of sp³-hybridized carbons (Fsp3) is 1.00. The normalized spacial score (nSPS) is 23.6. The minimum Gasteiger partial charge on any atom is -0.329 e. The van der Waals surface area contributed by atoms with Gasteiger partial charge in [-0.2, -0.15) is 5.48 Å². The molecule has 2 aliphatic rings. The van der Waals surface area contributed by atoms with Crippen molar-refractivity contribution >= 4 is 0 Å². The maximum absolute atomic E-state index is 6.17. The molecule has 0 aromatic heterocycles. The van der Waals surface area contributed by atoms with Gasteiger partial charge in [-0.3, -0.25) is 0 Å². The highest BCUT2D eigenvalue weighted by Crippen LogP contribution is 2.44. The van der Waals surface area contributed by atoms with Gasteiger partial charge in [0.25, 0.3) is 0 Å². The second-order valence-corrected chi connectivity index (χ2v) is 5.74. The van der Waals surface area contributed by atoms with Crippen LogP contribution in [0.3, 0.4) is 0 Å². The van der Waals surface area contributed by atoms with E-state index in [0.29, 0.717) is 0 Å². The van der Waals surface area contributed by atoms with Crippen LogP contribution in [0.2, 0.25) is 0 Å². The molecule has 2 fully saturated rings. The Kier molecular flexibility index (Phi) is 4.83. The minimum atomic E-state index is 0.0585. The van der Waals surface area contributed by atoms with E-state index in [1.54, 1.807) is 0 Å². The third-order valence-electron chi connectivity index (χ3n) is 4.91. The maximum Gasteiger partial charge on any atom is 0.0654 e. The predicted octanol–water partition coefficient (Wildman–Crippen LogP) is 2.61. The van der Waals surface area contributed by atoms with Gasteiger partial charge < -0.3 is 10.6 Å². The molecule has 3 heteroatoms. The van der Waals surface area contributed by atoms with Gasteiger partial charge in [0.05, 0.1) is 12.1 Å². The van der Waals surface area contributed by atoms with Crippen LogP contribution in [-0.4, -0.2) is 18.7 Å². The summed E-state index contributed by atoms with van der Waals surface area (Å²) in [5, 5.41) is 0. The van der Waals surface area contributed by atoms with Gasteiger partial charge >= 0.3 is 0 Å². The van der Waals surface area contributed by atoms with Gasteiger partial charge in [-0.25, -0.2) is 0 Å². The first kappa shape index (κ1) is 13.3. The van der Waals surface area contributed by atoms with E-state index in [1.165, 1.54) is 51.4 Å². The first-order valence-electron chi connectivity index (χ1n) is 7.42. The number of hydroxylamine groups is 1. The molecule has 0 radical (unpaired) electrons. The molecule has 3 N–H and O–H groups in total. The highest BCUT2D eigenvalue weighted by molar-refractivity contribution is 5.01. The van der Waals surface area contributed by atoms with Gasteiger partial charge in [-0.1, -0.05) is 25.7 Å². The summed E-state index contributed by atoms with van der Waals surface area (Å²) in [5.74, 6) is 1.45. The maximum atomic E-state index is 6.17. The Morgan fingerprint density at radius 1 is 1.06 bits per heavy atom. The Morgan fingerprint density at radius 2 is 1.53 bits per heavy atom. The topological polar surface area (TPSA) is 47.3 Å². The van der Waals surface area contributed by atoms with E-state index in [-0.39, 0.29) is 5.54 Å². The summed E-state index contributed by atoms with van der Waals surface area (Å²) in [7, 11) is 0. The molecule has 0 spiro atoms. The fourth-order valence-electron chi connectivity index (χ4n) is 3.96. The quantitative estimate of drug-likeness (QED) is 0.702. The van der Waals surface area contributed by atoms with Crippen LogP contribution in [0.25, 0.3) is 0 Å². The van der Waals surface area contributed by atoms with Gasteiger partial charge in [0, 0.05) is 6.54 Å². The van der Waals surface area contributed by atoms with Gasteiger partial charge in [0.2, 0.25) is 0 Å². The zero-order valence-electron chi connectivity index (χ0n) is 11.2. The Hall–Kier alpha value is -0.120. The predicted molar refractivity (Wildman–Crippen MR) is 70.5 cm³/mol. The molecule has 0 bridgehead atoms. The molecular formula is C14H28N2O. The zero-order chi connectivity index (χ0) is 12.1. The molecule has 0 aliphatic heterocycles. The van der Waals surface area contributed by atoms with Crippen molar-refractivity contribution in [3.8, 4) is 0 Å². The van der Waals surface area contributed by atoms with Crippen molar-refractivity contribution in [2.45, 2.75) is 63.8 Å².